The fraction of sp³-hybridized carbons (Fsp3) is 0.308. The Morgan fingerprint density at radius 3 is 2.68 bits per heavy atom. The van der Waals surface area contributed by atoms with Crippen molar-refractivity contribution >= 4 is 15.7 Å². The molecule has 1 N–H and O–H groups in total. The van der Waals surface area contributed by atoms with E-state index in [1.165, 1.54) is 0 Å². The fourth-order valence-electron chi connectivity index (χ4n) is 2.41. The maximum Gasteiger partial charge on any atom is 0.229 e. The molecule has 0 amide bonds. The standard InChI is InChI=1S/C13H15N3O2S/c1-19(17,18)15-11-6-4-10(5-7-11)12-9-14-13-3-2-8-16(12)13/h4-7,9,15H,2-3,8H2,1H3. The highest BCUT2D eigenvalue weighted by molar-refractivity contribution is 7.92. The van der Waals surface area contributed by atoms with Crippen LogP contribution in [0.5, 0.6) is 0 Å². The average molecular weight is 277 g/mol. The molecule has 3 rings (SSSR count). The number of anilines is 1. The Morgan fingerprint density at radius 2 is 2.00 bits per heavy atom. The van der Waals surface area contributed by atoms with E-state index < -0.39 is 10.0 Å². The SMILES string of the molecule is CS(=O)(=O)Nc1ccc(-c2cnc3n2CCC3)cc1. The Bertz CT molecular complexity index is 702. The summed E-state index contributed by atoms with van der Waals surface area (Å²) in [5.41, 5.74) is 2.73. The van der Waals surface area contributed by atoms with Crippen LogP contribution in [0.25, 0.3) is 11.3 Å². The quantitative estimate of drug-likeness (QED) is 0.931. The molecule has 0 atom stereocenters. The molecule has 5 nitrogen and oxygen atoms in total. The zero-order valence-corrected chi connectivity index (χ0v) is 11.4. The van der Waals surface area contributed by atoms with Gasteiger partial charge in [0.05, 0.1) is 18.1 Å². The van der Waals surface area contributed by atoms with E-state index in [2.05, 4.69) is 14.3 Å². The lowest BCUT2D eigenvalue weighted by molar-refractivity contribution is 0.607. The van der Waals surface area contributed by atoms with Gasteiger partial charge in [0.1, 0.15) is 5.82 Å². The highest BCUT2D eigenvalue weighted by Crippen LogP contribution is 2.26. The summed E-state index contributed by atoms with van der Waals surface area (Å²) in [6.45, 7) is 1.01. The first-order chi connectivity index (χ1) is 9.03. The Labute approximate surface area is 112 Å². The number of imidazole rings is 1. The molecule has 0 radical (unpaired) electrons. The van der Waals surface area contributed by atoms with E-state index in [1.54, 1.807) is 12.1 Å². The van der Waals surface area contributed by atoms with Crippen LogP contribution in [-0.2, 0) is 23.0 Å². The van der Waals surface area contributed by atoms with E-state index >= 15 is 0 Å². The number of aromatic nitrogens is 2. The van der Waals surface area contributed by atoms with Crippen molar-refractivity contribution < 1.29 is 8.42 Å². The highest BCUT2D eigenvalue weighted by atomic mass is 32.2. The molecule has 0 fully saturated rings. The molecule has 0 aliphatic carbocycles. The summed E-state index contributed by atoms with van der Waals surface area (Å²) < 4.78 is 27.0. The van der Waals surface area contributed by atoms with Crippen molar-refractivity contribution in [1.82, 2.24) is 9.55 Å². The number of hydrogen-bond donors (Lipinski definition) is 1. The van der Waals surface area contributed by atoms with Gasteiger partial charge >= 0.3 is 0 Å². The highest BCUT2D eigenvalue weighted by Gasteiger charge is 2.16. The van der Waals surface area contributed by atoms with Crippen molar-refractivity contribution in [3.63, 3.8) is 0 Å². The van der Waals surface area contributed by atoms with E-state index in [0.717, 1.165) is 42.7 Å². The largest absolute Gasteiger partial charge is 0.328 e. The van der Waals surface area contributed by atoms with Gasteiger partial charge in [0, 0.05) is 18.7 Å². The number of sulfonamides is 1. The maximum absolute atomic E-state index is 11.1. The average Bonchev–Trinajstić information content (AvgIpc) is 2.90. The van der Waals surface area contributed by atoms with Gasteiger partial charge in [-0.3, -0.25) is 4.72 Å². The van der Waals surface area contributed by atoms with E-state index in [1.807, 2.05) is 18.3 Å². The van der Waals surface area contributed by atoms with Gasteiger partial charge in [0.15, 0.2) is 0 Å². The third-order valence-corrected chi connectivity index (χ3v) is 3.81. The Morgan fingerprint density at radius 1 is 1.26 bits per heavy atom. The lowest BCUT2D eigenvalue weighted by Crippen LogP contribution is -2.09. The molecule has 0 saturated heterocycles. The van der Waals surface area contributed by atoms with Crippen LogP contribution in [0.4, 0.5) is 5.69 Å². The van der Waals surface area contributed by atoms with Gasteiger partial charge in [-0.1, -0.05) is 12.1 Å². The van der Waals surface area contributed by atoms with Gasteiger partial charge in [0.25, 0.3) is 0 Å². The first kappa shape index (κ1) is 12.2. The molecular formula is C13H15N3O2S. The van der Waals surface area contributed by atoms with Gasteiger partial charge in [-0.25, -0.2) is 13.4 Å². The van der Waals surface area contributed by atoms with Crippen LogP contribution < -0.4 is 4.72 Å². The van der Waals surface area contributed by atoms with Crippen molar-refractivity contribution in [2.24, 2.45) is 0 Å². The summed E-state index contributed by atoms with van der Waals surface area (Å²) >= 11 is 0. The fourth-order valence-corrected chi connectivity index (χ4v) is 2.98. The Kier molecular flexibility index (Phi) is 2.82. The lowest BCUT2D eigenvalue weighted by atomic mass is 10.1. The molecule has 1 aliphatic heterocycles. The lowest BCUT2D eigenvalue weighted by Gasteiger charge is -2.07. The first-order valence-corrected chi connectivity index (χ1v) is 8.05. The number of hydrogen-bond acceptors (Lipinski definition) is 3. The van der Waals surface area contributed by atoms with Crippen LogP contribution in [0.2, 0.25) is 0 Å². The second kappa shape index (κ2) is 4.38. The van der Waals surface area contributed by atoms with Gasteiger partial charge in [-0.2, -0.15) is 0 Å². The molecule has 6 heteroatoms. The van der Waals surface area contributed by atoms with Crippen LogP contribution in [0, 0.1) is 0 Å². The second-order valence-electron chi connectivity index (χ2n) is 4.77. The molecule has 1 aromatic carbocycles. The number of benzene rings is 1. The van der Waals surface area contributed by atoms with E-state index in [9.17, 15) is 8.42 Å². The molecule has 1 aliphatic rings. The Hall–Kier alpha value is -1.82. The molecule has 1 aromatic heterocycles. The summed E-state index contributed by atoms with van der Waals surface area (Å²) in [6.07, 6.45) is 5.20. The molecule has 0 unspecified atom stereocenters. The zero-order chi connectivity index (χ0) is 13.5. The molecule has 19 heavy (non-hydrogen) atoms. The topological polar surface area (TPSA) is 64.0 Å². The molecule has 0 bridgehead atoms. The van der Waals surface area contributed by atoms with Gasteiger partial charge in [-0.05, 0) is 24.1 Å². The minimum Gasteiger partial charge on any atom is -0.328 e. The summed E-state index contributed by atoms with van der Waals surface area (Å²) in [5, 5.41) is 0. The van der Waals surface area contributed by atoms with Crippen LogP contribution >= 0.6 is 0 Å². The predicted octanol–water partition coefficient (Wildman–Crippen LogP) is 1.87. The molecule has 0 spiro atoms. The zero-order valence-electron chi connectivity index (χ0n) is 10.6. The van der Waals surface area contributed by atoms with Gasteiger partial charge < -0.3 is 4.57 Å². The third-order valence-electron chi connectivity index (χ3n) is 3.20. The predicted molar refractivity (Wildman–Crippen MR) is 74.5 cm³/mol. The van der Waals surface area contributed by atoms with Crippen molar-refractivity contribution in [2.75, 3.05) is 11.0 Å². The van der Waals surface area contributed by atoms with Gasteiger partial charge in [-0.15, -0.1) is 0 Å². The monoisotopic (exact) mass is 277 g/mol. The smallest absolute Gasteiger partial charge is 0.229 e. The summed E-state index contributed by atoms with van der Waals surface area (Å²) in [7, 11) is -3.22. The third kappa shape index (κ3) is 2.49. The summed E-state index contributed by atoms with van der Waals surface area (Å²) in [5.74, 6) is 1.13. The van der Waals surface area contributed by atoms with Crippen LogP contribution in [-0.4, -0.2) is 24.2 Å². The van der Waals surface area contributed by atoms with Crippen molar-refractivity contribution in [3.05, 3.63) is 36.3 Å². The number of aryl methyl sites for hydroxylation is 1. The minimum atomic E-state index is -3.22. The van der Waals surface area contributed by atoms with E-state index in [-0.39, 0.29) is 0 Å². The van der Waals surface area contributed by atoms with Crippen LogP contribution in [0.15, 0.2) is 30.5 Å². The number of nitrogens with zero attached hydrogens (tertiary/aromatic N) is 2. The second-order valence-corrected chi connectivity index (χ2v) is 6.51. The number of rotatable bonds is 3. The Balaban J connectivity index is 1.90. The van der Waals surface area contributed by atoms with Crippen molar-refractivity contribution in [3.8, 4) is 11.3 Å². The maximum atomic E-state index is 11.1. The van der Waals surface area contributed by atoms with E-state index in [0.29, 0.717) is 5.69 Å². The van der Waals surface area contributed by atoms with Crippen molar-refractivity contribution in [1.29, 1.82) is 0 Å². The number of nitrogens with one attached hydrogen (secondary N) is 1. The number of fused-ring (bicyclic) bond motifs is 1. The molecule has 0 saturated carbocycles. The van der Waals surface area contributed by atoms with Gasteiger partial charge in [0.2, 0.25) is 10.0 Å². The van der Waals surface area contributed by atoms with Crippen LogP contribution in [0.1, 0.15) is 12.2 Å². The molecule has 2 aromatic rings. The van der Waals surface area contributed by atoms with E-state index in [4.69, 9.17) is 0 Å². The van der Waals surface area contributed by atoms with Crippen LogP contribution in [0.3, 0.4) is 0 Å². The minimum absolute atomic E-state index is 0.576. The summed E-state index contributed by atoms with van der Waals surface area (Å²) in [4.78, 5) is 4.41. The summed E-state index contributed by atoms with van der Waals surface area (Å²) in [6, 6.07) is 7.36. The van der Waals surface area contributed by atoms with Crippen molar-refractivity contribution in [2.45, 2.75) is 19.4 Å². The first-order valence-electron chi connectivity index (χ1n) is 6.15. The molecule has 100 valence electrons. The molecule has 2 heterocycles. The normalized spacial score (nSPS) is 14.4. The molecular weight excluding hydrogens is 262 g/mol.